The summed E-state index contributed by atoms with van der Waals surface area (Å²) in [4.78, 5) is 0. The second-order valence-corrected chi connectivity index (χ2v) is 3.60. The summed E-state index contributed by atoms with van der Waals surface area (Å²) in [6.45, 7) is 5.70. The van der Waals surface area contributed by atoms with Crippen LogP contribution in [0.5, 0.6) is 0 Å². The number of rotatable bonds is 3. The summed E-state index contributed by atoms with van der Waals surface area (Å²) >= 11 is 0. The first kappa shape index (κ1) is 11.7. The standard InChI is InChI=1S/C12H17N3/c1-4-5-6-7-12(13)11-8-9(2)14-15-10(11)3/h8,12H,6-7,13H2,1-3H3. The molecular weight excluding hydrogens is 186 g/mol. The van der Waals surface area contributed by atoms with Crippen LogP contribution in [-0.2, 0) is 0 Å². The van der Waals surface area contributed by atoms with Crippen molar-refractivity contribution in [1.82, 2.24) is 10.2 Å². The Kier molecular flexibility index (Phi) is 4.26. The van der Waals surface area contributed by atoms with Crippen molar-refractivity contribution in [2.75, 3.05) is 0 Å². The van der Waals surface area contributed by atoms with Crippen molar-refractivity contribution >= 4 is 0 Å². The first-order chi connectivity index (χ1) is 7.15. The smallest absolute Gasteiger partial charge is 0.0648 e. The van der Waals surface area contributed by atoms with Gasteiger partial charge in [0.2, 0.25) is 0 Å². The molecule has 0 fully saturated rings. The fraction of sp³-hybridized carbons (Fsp3) is 0.500. The van der Waals surface area contributed by atoms with Gasteiger partial charge in [-0.05, 0) is 38.8 Å². The highest BCUT2D eigenvalue weighted by atomic mass is 15.1. The molecule has 15 heavy (non-hydrogen) atoms. The van der Waals surface area contributed by atoms with Crippen molar-refractivity contribution in [2.45, 2.75) is 39.7 Å². The van der Waals surface area contributed by atoms with Crippen LogP contribution in [0.1, 0.15) is 42.8 Å². The van der Waals surface area contributed by atoms with Crippen LogP contribution < -0.4 is 5.73 Å². The highest BCUT2D eigenvalue weighted by Gasteiger charge is 2.09. The van der Waals surface area contributed by atoms with Gasteiger partial charge in [-0.25, -0.2) is 0 Å². The highest BCUT2D eigenvalue weighted by molar-refractivity contribution is 5.23. The van der Waals surface area contributed by atoms with Gasteiger partial charge in [-0.2, -0.15) is 10.2 Å². The molecule has 80 valence electrons. The molecule has 1 unspecified atom stereocenters. The third kappa shape index (κ3) is 3.34. The number of hydrogen-bond acceptors (Lipinski definition) is 3. The lowest BCUT2D eigenvalue weighted by Gasteiger charge is -2.12. The Balaban J connectivity index is 2.74. The average molecular weight is 203 g/mol. The molecule has 1 aromatic rings. The second kappa shape index (κ2) is 5.47. The molecule has 0 bridgehead atoms. The van der Waals surface area contributed by atoms with Crippen LogP contribution >= 0.6 is 0 Å². The zero-order valence-electron chi connectivity index (χ0n) is 9.54. The van der Waals surface area contributed by atoms with Crippen LogP contribution in [0.4, 0.5) is 0 Å². The molecule has 2 N–H and O–H groups in total. The number of aromatic nitrogens is 2. The van der Waals surface area contributed by atoms with Gasteiger partial charge in [0.05, 0.1) is 11.4 Å². The molecule has 0 spiro atoms. The van der Waals surface area contributed by atoms with Gasteiger partial charge < -0.3 is 5.73 Å². The van der Waals surface area contributed by atoms with Gasteiger partial charge in [0, 0.05) is 12.5 Å². The minimum atomic E-state index is 0.0139. The van der Waals surface area contributed by atoms with E-state index in [1.54, 1.807) is 0 Å². The fourth-order valence-electron chi connectivity index (χ4n) is 1.45. The van der Waals surface area contributed by atoms with Crippen molar-refractivity contribution in [2.24, 2.45) is 5.73 Å². The summed E-state index contributed by atoms with van der Waals surface area (Å²) < 4.78 is 0. The maximum Gasteiger partial charge on any atom is 0.0648 e. The molecule has 0 aliphatic carbocycles. The molecule has 3 nitrogen and oxygen atoms in total. The molecule has 3 heteroatoms. The molecule has 0 aliphatic rings. The van der Waals surface area contributed by atoms with Crippen LogP contribution in [0, 0.1) is 25.7 Å². The fourth-order valence-corrected chi connectivity index (χ4v) is 1.45. The molecule has 1 heterocycles. The Morgan fingerprint density at radius 2 is 2.13 bits per heavy atom. The lowest BCUT2D eigenvalue weighted by Crippen LogP contribution is -2.13. The van der Waals surface area contributed by atoms with Crippen LogP contribution in [0.15, 0.2) is 6.07 Å². The molecule has 1 aromatic heterocycles. The summed E-state index contributed by atoms with van der Waals surface area (Å²) in [6.07, 6.45) is 1.70. The van der Waals surface area contributed by atoms with Crippen molar-refractivity contribution in [3.8, 4) is 11.8 Å². The zero-order chi connectivity index (χ0) is 11.3. The van der Waals surface area contributed by atoms with Gasteiger partial charge in [0.1, 0.15) is 0 Å². The molecule has 0 aromatic carbocycles. The van der Waals surface area contributed by atoms with Crippen molar-refractivity contribution in [1.29, 1.82) is 0 Å². The monoisotopic (exact) mass is 203 g/mol. The van der Waals surface area contributed by atoms with E-state index in [4.69, 9.17) is 5.73 Å². The van der Waals surface area contributed by atoms with Crippen LogP contribution in [0.2, 0.25) is 0 Å². The van der Waals surface area contributed by atoms with Crippen molar-refractivity contribution in [3.63, 3.8) is 0 Å². The number of aryl methyl sites for hydroxylation is 2. The normalized spacial score (nSPS) is 11.7. The van der Waals surface area contributed by atoms with Gasteiger partial charge >= 0.3 is 0 Å². The number of nitrogens with two attached hydrogens (primary N) is 1. The maximum absolute atomic E-state index is 6.07. The lowest BCUT2D eigenvalue weighted by molar-refractivity contribution is 0.653. The van der Waals surface area contributed by atoms with E-state index in [0.717, 1.165) is 29.8 Å². The number of hydrogen-bond donors (Lipinski definition) is 1. The molecule has 0 saturated heterocycles. The van der Waals surface area contributed by atoms with Crippen molar-refractivity contribution < 1.29 is 0 Å². The largest absolute Gasteiger partial charge is 0.324 e. The first-order valence-corrected chi connectivity index (χ1v) is 5.11. The minimum absolute atomic E-state index is 0.0139. The number of nitrogens with zero attached hydrogens (tertiary/aromatic N) is 2. The van der Waals surface area contributed by atoms with E-state index in [0.29, 0.717) is 0 Å². The Labute approximate surface area is 91.1 Å². The van der Waals surface area contributed by atoms with E-state index >= 15 is 0 Å². The Hall–Kier alpha value is -1.40. The summed E-state index contributed by atoms with van der Waals surface area (Å²) in [5, 5.41) is 8.05. The Morgan fingerprint density at radius 3 is 2.80 bits per heavy atom. The predicted molar refractivity (Wildman–Crippen MR) is 61.1 cm³/mol. The average Bonchev–Trinajstić information content (AvgIpc) is 2.22. The van der Waals surface area contributed by atoms with Crippen LogP contribution in [0.3, 0.4) is 0 Å². The quantitative estimate of drug-likeness (QED) is 0.763. The molecule has 0 aliphatic heterocycles. The molecule has 1 rings (SSSR count). The first-order valence-electron chi connectivity index (χ1n) is 5.11. The third-order valence-electron chi connectivity index (χ3n) is 2.30. The molecule has 0 amide bonds. The van der Waals surface area contributed by atoms with Gasteiger partial charge in [0.15, 0.2) is 0 Å². The molecular formula is C12H17N3. The van der Waals surface area contributed by atoms with E-state index in [9.17, 15) is 0 Å². The summed E-state index contributed by atoms with van der Waals surface area (Å²) in [7, 11) is 0. The summed E-state index contributed by atoms with van der Waals surface area (Å²) in [5.41, 5.74) is 8.98. The van der Waals surface area contributed by atoms with Gasteiger partial charge in [-0.1, -0.05) is 0 Å². The summed E-state index contributed by atoms with van der Waals surface area (Å²) in [5.74, 6) is 5.88. The van der Waals surface area contributed by atoms with Gasteiger partial charge in [-0.3, -0.25) is 0 Å². The summed E-state index contributed by atoms with van der Waals surface area (Å²) in [6, 6.07) is 2.02. The highest BCUT2D eigenvalue weighted by Crippen LogP contribution is 2.18. The van der Waals surface area contributed by atoms with Crippen LogP contribution in [0.25, 0.3) is 0 Å². The lowest BCUT2D eigenvalue weighted by atomic mass is 10.0. The zero-order valence-corrected chi connectivity index (χ0v) is 9.54. The SMILES string of the molecule is CC#CCCC(N)c1cc(C)nnc1C. The Morgan fingerprint density at radius 1 is 1.40 bits per heavy atom. The second-order valence-electron chi connectivity index (χ2n) is 3.60. The van der Waals surface area contributed by atoms with Gasteiger partial charge in [-0.15, -0.1) is 11.8 Å². The maximum atomic E-state index is 6.07. The van der Waals surface area contributed by atoms with E-state index in [1.807, 2.05) is 26.8 Å². The topological polar surface area (TPSA) is 51.8 Å². The third-order valence-corrected chi connectivity index (χ3v) is 2.30. The minimum Gasteiger partial charge on any atom is -0.324 e. The molecule has 0 radical (unpaired) electrons. The molecule has 1 atom stereocenters. The van der Waals surface area contributed by atoms with E-state index in [-0.39, 0.29) is 6.04 Å². The van der Waals surface area contributed by atoms with Crippen LogP contribution in [-0.4, -0.2) is 10.2 Å². The van der Waals surface area contributed by atoms with E-state index < -0.39 is 0 Å². The predicted octanol–water partition coefficient (Wildman–Crippen LogP) is 1.90. The Bertz CT molecular complexity index is 388. The van der Waals surface area contributed by atoms with E-state index in [2.05, 4.69) is 22.0 Å². The van der Waals surface area contributed by atoms with E-state index in [1.165, 1.54) is 0 Å². The van der Waals surface area contributed by atoms with Gasteiger partial charge in [0.25, 0.3) is 0 Å². The van der Waals surface area contributed by atoms with Crippen molar-refractivity contribution in [3.05, 3.63) is 23.0 Å². The molecule has 0 saturated carbocycles.